The molecule has 1 aliphatic heterocycles. The van der Waals surface area contributed by atoms with Crippen molar-refractivity contribution in [1.29, 1.82) is 0 Å². The van der Waals surface area contributed by atoms with E-state index in [0.29, 0.717) is 0 Å². The van der Waals surface area contributed by atoms with Gasteiger partial charge in [0.25, 0.3) is 0 Å². The molecule has 1 heterocycles. The summed E-state index contributed by atoms with van der Waals surface area (Å²) in [6.45, 7) is 0. The number of rotatable bonds is 1. The molecular formula is C6F10O3. The van der Waals surface area contributed by atoms with E-state index in [1.54, 1.807) is 0 Å². The maximum absolute atomic E-state index is 12.9. The van der Waals surface area contributed by atoms with Crippen LogP contribution in [0.15, 0.2) is 0 Å². The maximum Gasteiger partial charge on any atom is 0.453 e. The van der Waals surface area contributed by atoms with Crippen molar-refractivity contribution in [3.05, 3.63) is 0 Å². The zero-order valence-corrected chi connectivity index (χ0v) is 8.00. The fourth-order valence-corrected chi connectivity index (χ4v) is 1.07. The van der Waals surface area contributed by atoms with E-state index >= 15 is 0 Å². The van der Waals surface area contributed by atoms with Crippen molar-refractivity contribution in [3.8, 4) is 0 Å². The van der Waals surface area contributed by atoms with Crippen LogP contribution in [0.4, 0.5) is 43.9 Å². The average molecular weight is 310 g/mol. The largest absolute Gasteiger partial charge is 0.453 e. The monoisotopic (exact) mass is 310 g/mol. The molecule has 1 unspecified atom stereocenters. The van der Waals surface area contributed by atoms with Gasteiger partial charge < -0.3 is 0 Å². The standard InChI is InChI=1S/C6F10O3/c7-1(17)2(8)6(15,16)19-3(18-2,4(9,10)11)5(12,13)14. The molecule has 1 atom stereocenters. The summed E-state index contributed by atoms with van der Waals surface area (Å²) in [5, 5.41) is 0. The molecule has 0 aliphatic carbocycles. The summed E-state index contributed by atoms with van der Waals surface area (Å²) < 4.78 is 128. The zero-order valence-electron chi connectivity index (χ0n) is 8.00. The molecule has 0 saturated carbocycles. The molecule has 3 nitrogen and oxygen atoms in total. The van der Waals surface area contributed by atoms with Crippen molar-refractivity contribution in [1.82, 2.24) is 0 Å². The Morgan fingerprint density at radius 1 is 0.842 bits per heavy atom. The molecule has 1 fully saturated rings. The van der Waals surface area contributed by atoms with Gasteiger partial charge in [-0.2, -0.15) is 43.9 Å². The van der Waals surface area contributed by atoms with E-state index < -0.39 is 36.1 Å². The van der Waals surface area contributed by atoms with Crippen molar-refractivity contribution < 1.29 is 58.2 Å². The molecule has 1 saturated heterocycles. The Morgan fingerprint density at radius 2 is 1.21 bits per heavy atom. The summed E-state index contributed by atoms with van der Waals surface area (Å²) >= 11 is 0. The van der Waals surface area contributed by atoms with E-state index in [1.165, 1.54) is 0 Å². The Balaban J connectivity index is 3.48. The second-order valence-electron chi connectivity index (χ2n) is 3.20. The minimum absolute atomic E-state index is 2.20. The third-order valence-corrected chi connectivity index (χ3v) is 1.93. The zero-order chi connectivity index (χ0) is 15.5. The van der Waals surface area contributed by atoms with Crippen LogP contribution in [0.5, 0.6) is 0 Å². The van der Waals surface area contributed by atoms with Gasteiger partial charge in [0.05, 0.1) is 0 Å². The fourth-order valence-electron chi connectivity index (χ4n) is 1.07. The highest BCUT2D eigenvalue weighted by Gasteiger charge is 2.89. The fraction of sp³-hybridized carbons (Fsp3) is 0.833. The molecule has 1 rings (SSSR count). The molecule has 13 heteroatoms. The van der Waals surface area contributed by atoms with E-state index in [9.17, 15) is 48.7 Å². The van der Waals surface area contributed by atoms with Gasteiger partial charge in [0.2, 0.25) is 0 Å². The van der Waals surface area contributed by atoms with Crippen molar-refractivity contribution in [2.45, 2.75) is 30.1 Å². The van der Waals surface area contributed by atoms with E-state index in [1.807, 2.05) is 0 Å². The first-order valence-corrected chi connectivity index (χ1v) is 3.91. The predicted molar refractivity (Wildman–Crippen MR) is 31.9 cm³/mol. The van der Waals surface area contributed by atoms with Crippen molar-refractivity contribution in [2.75, 3.05) is 0 Å². The van der Waals surface area contributed by atoms with Crippen LogP contribution in [0.2, 0.25) is 0 Å². The average Bonchev–Trinajstić information content (AvgIpc) is 2.34. The van der Waals surface area contributed by atoms with Crippen LogP contribution >= 0.6 is 0 Å². The minimum atomic E-state index is -6.75. The number of hydrogen-bond donors (Lipinski definition) is 0. The van der Waals surface area contributed by atoms with E-state index in [2.05, 4.69) is 9.47 Å². The number of carbonyl (C=O) groups excluding carboxylic acids is 1. The van der Waals surface area contributed by atoms with E-state index in [4.69, 9.17) is 0 Å². The molecule has 0 amide bonds. The summed E-state index contributed by atoms with van der Waals surface area (Å²) in [5.41, 5.74) is 0. The number of hydrogen-bond acceptors (Lipinski definition) is 3. The van der Waals surface area contributed by atoms with Gasteiger partial charge in [-0.1, -0.05) is 0 Å². The van der Waals surface area contributed by atoms with Crippen LogP contribution in [0, 0.1) is 0 Å². The van der Waals surface area contributed by atoms with Gasteiger partial charge in [-0.3, -0.25) is 14.3 Å². The second-order valence-corrected chi connectivity index (χ2v) is 3.20. The topological polar surface area (TPSA) is 35.5 Å². The quantitative estimate of drug-likeness (QED) is 0.552. The van der Waals surface area contributed by atoms with Crippen LogP contribution in [0.3, 0.4) is 0 Å². The summed E-state index contributed by atoms with van der Waals surface area (Å²) in [7, 11) is 0. The van der Waals surface area contributed by atoms with Gasteiger partial charge in [0.15, 0.2) is 0 Å². The molecule has 112 valence electrons. The molecule has 0 aromatic rings. The summed E-state index contributed by atoms with van der Waals surface area (Å²) in [5.74, 6) is -12.0. The van der Waals surface area contributed by atoms with Crippen LogP contribution in [-0.4, -0.2) is 36.1 Å². The van der Waals surface area contributed by atoms with Crippen molar-refractivity contribution in [2.24, 2.45) is 0 Å². The summed E-state index contributed by atoms with van der Waals surface area (Å²) in [6.07, 6.45) is -19.6. The summed E-state index contributed by atoms with van der Waals surface area (Å²) in [4.78, 5) is 9.86. The van der Waals surface area contributed by atoms with Crippen LogP contribution in [0.25, 0.3) is 0 Å². The molecule has 0 aromatic heterocycles. The molecule has 0 radical (unpaired) electrons. The van der Waals surface area contributed by atoms with E-state index in [0.717, 1.165) is 0 Å². The lowest BCUT2D eigenvalue weighted by molar-refractivity contribution is -0.463. The first-order chi connectivity index (χ1) is 8.11. The van der Waals surface area contributed by atoms with Crippen LogP contribution < -0.4 is 0 Å². The Kier molecular flexibility index (Phi) is 3.12. The first-order valence-electron chi connectivity index (χ1n) is 3.91. The van der Waals surface area contributed by atoms with Crippen LogP contribution in [-0.2, 0) is 14.3 Å². The smallest absolute Gasteiger partial charge is 0.282 e. The Morgan fingerprint density at radius 3 is 1.37 bits per heavy atom. The lowest BCUT2D eigenvalue weighted by atomic mass is 10.2. The lowest BCUT2D eigenvalue weighted by Crippen LogP contribution is -2.59. The Labute approximate surface area is 95.6 Å². The van der Waals surface area contributed by atoms with Gasteiger partial charge in [-0.25, -0.2) is 0 Å². The first kappa shape index (κ1) is 15.9. The van der Waals surface area contributed by atoms with Gasteiger partial charge >= 0.3 is 36.1 Å². The molecule has 0 aromatic carbocycles. The molecule has 1 aliphatic rings. The normalized spacial score (nSPS) is 30.4. The van der Waals surface area contributed by atoms with Gasteiger partial charge in [0.1, 0.15) is 0 Å². The van der Waals surface area contributed by atoms with Crippen molar-refractivity contribution in [3.63, 3.8) is 0 Å². The highest BCUT2D eigenvalue weighted by atomic mass is 19.4. The predicted octanol–water partition coefficient (Wildman–Crippen LogP) is 2.61. The highest BCUT2D eigenvalue weighted by Crippen LogP contribution is 2.59. The van der Waals surface area contributed by atoms with Crippen LogP contribution in [0.1, 0.15) is 0 Å². The highest BCUT2D eigenvalue weighted by molar-refractivity contribution is 5.78. The molecule has 0 bridgehead atoms. The number of alkyl halides is 9. The van der Waals surface area contributed by atoms with E-state index in [-0.39, 0.29) is 0 Å². The number of halogens is 10. The second kappa shape index (κ2) is 3.71. The van der Waals surface area contributed by atoms with Gasteiger partial charge in [0, 0.05) is 0 Å². The lowest BCUT2D eigenvalue weighted by Gasteiger charge is -2.30. The SMILES string of the molecule is O=C(F)C1(F)OC(C(F)(F)F)(C(F)(F)F)OC1(F)F. The van der Waals surface area contributed by atoms with Gasteiger partial charge in [-0.15, -0.1) is 0 Å². The number of carbonyl (C=O) groups is 1. The third-order valence-electron chi connectivity index (χ3n) is 1.93. The Hall–Kier alpha value is -1.11. The molecular weight excluding hydrogens is 310 g/mol. The van der Waals surface area contributed by atoms with Gasteiger partial charge in [-0.05, 0) is 0 Å². The van der Waals surface area contributed by atoms with Crippen molar-refractivity contribution >= 4 is 6.04 Å². The molecule has 0 spiro atoms. The third kappa shape index (κ3) is 1.94. The summed E-state index contributed by atoms with van der Waals surface area (Å²) in [6, 6.07) is -3.91. The molecule has 0 N–H and O–H groups in total. The minimum Gasteiger partial charge on any atom is -0.282 e. The number of ether oxygens (including phenoxy) is 2. The molecule has 19 heavy (non-hydrogen) atoms. The maximum atomic E-state index is 12.9. The Bertz CT molecular complexity index is 383.